The van der Waals surface area contributed by atoms with Crippen LogP contribution in [0.3, 0.4) is 0 Å². The van der Waals surface area contributed by atoms with Gasteiger partial charge in [-0.25, -0.2) is 15.0 Å². The number of aromatic nitrogens is 4. The number of nitrogens with one attached hydrogen (secondary N) is 1. The van der Waals surface area contributed by atoms with Gasteiger partial charge in [-0.1, -0.05) is 6.07 Å². The second kappa shape index (κ2) is 3.37. The topological polar surface area (TPSA) is 54.5 Å². The molecule has 4 nitrogen and oxygen atoms in total. The Bertz CT molecular complexity index is 647. The highest BCUT2D eigenvalue weighted by Gasteiger charge is 2.03. The molecule has 3 aromatic rings. The minimum atomic E-state index is -0.720. The van der Waals surface area contributed by atoms with E-state index in [0.29, 0.717) is 5.69 Å². The lowest BCUT2D eigenvalue weighted by Gasteiger charge is -1.99. The molecule has 2 aromatic heterocycles. The van der Waals surface area contributed by atoms with Crippen molar-refractivity contribution in [1.82, 2.24) is 19.9 Å². The Morgan fingerprint density at radius 3 is 2.94 bits per heavy atom. The van der Waals surface area contributed by atoms with Crippen molar-refractivity contribution in [3.8, 4) is 11.3 Å². The molecule has 0 amide bonds. The maximum Gasteiger partial charge on any atom is 0.309 e. The molecule has 0 unspecified atom stereocenters. The fourth-order valence-corrected chi connectivity index (χ4v) is 1.59. The van der Waals surface area contributed by atoms with Crippen molar-refractivity contribution in [2.75, 3.05) is 0 Å². The first kappa shape index (κ1) is 8.96. The Labute approximate surface area is 90.2 Å². The van der Waals surface area contributed by atoms with Crippen LogP contribution >= 0.6 is 0 Å². The second-order valence-electron chi connectivity index (χ2n) is 3.35. The molecule has 0 atom stereocenters. The molecule has 78 valence electrons. The summed E-state index contributed by atoms with van der Waals surface area (Å²) in [5.74, 6) is 0. The Morgan fingerprint density at radius 2 is 2.06 bits per heavy atom. The molecule has 3 rings (SSSR count). The number of H-pyrrole nitrogens is 1. The zero-order valence-corrected chi connectivity index (χ0v) is 8.18. The quantitative estimate of drug-likeness (QED) is 0.631. The van der Waals surface area contributed by atoms with Crippen molar-refractivity contribution in [1.29, 1.82) is 0 Å². The third-order valence-electron chi connectivity index (χ3n) is 2.34. The summed E-state index contributed by atoms with van der Waals surface area (Å²) in [5.41, 5.74) is 3.16. The minimum absolute atomic E-state index is 0.559. The molecule has 0 bridgehead atoms. The standard InChI is InChI=1S/C11H7FN4/c12-11-13-4-3-8(16-11)7-1-2-9-10(5-7)15-6-14-9/h1-6H,(H,14,15). The molecule has 16 heavy (non-hydrogen) atoms. The predicted molar refractivity (Wildman–Crippen MR) is 57.1 cm³/mol. The molecule has 1 aromatic carbocycles. The Kier molecular flexibility index (Phi) is 1.89. The van der Waals surface area contributed by atoms with Crippen LogP contribution in [-0.2, 0) is 0 Å². The normalized spacial score (nSPS) is 10.8. The van der Waals surface area contributed by atoms with Crippen LogP contribution in [0, 0.1) is 6.08 Å². The molecule has 0 saturated carbocycles. The average Bonchev–Trinajstić information content (AvgIpc) is 2.75. The number of benzene rings is 1. The average molecular weight is 214 g/mol. The number of fused-ring (bicyclic) bond motifs is 1. The largest absolute Gasteiger partial charge is 0.345 e. The van der Waals surface area contributed by atoms with Gasteiger partial charge in [0.2, 0.25) is 0 Å². The van der Waals surface area contributed by atoms with Gasteiger partial charge in [0.15, 0.2) is 0 Å². The molecule has 0 aliphatic heterocycles. The van der Waals surface area contributed by atoms with Crippen LogP contribution in [0.2, 0.25) is 0 Å². The first-order valence-corrected chi connectivity index (χ1v) is 4.75. The van der Waals surface area contributed by atoms with E-state index >= 15 is 0 Å². The zero-order chi connectivity index (χ0) is 11.0. The van der Waals surface area contributed by atoms with Gasteiger partial charge in [-0.05, 0) is 18.2 Å². The van der Waals surface area contributed by atoms with Crippen molar-refractivity contribution in [3.63, 3.8) is 0 Å². The van der Waals surface area contributed by atoms with Crippen molar-refractivity contribution in [2.45, 2.75) is 0 Å². The molecule has 0 radical (unpaired) electrons. The first-order valence-electron chi connectivity index (χ1n) is 4.75. The van der Waals surface area contributed by atoms with Gasteiger partial charge in [-0.15, -0.1) is 0 Å². The van der Waals surface area contributed by atoms with E-state index in [9.17, 15) is 4.39 Å². The number of nitrogens with zero attached hydrogens (tertiary/aromatic N) is 3. The SMILES string of the molecule is Fc1nccc(-c2ccc3nc[nH]c3c2)n1. The summed E-state index contributed by atoms with van der Waals surface area (Å²) in [4.78, 5) is 14.2. The van der Waals surface area contributed by atoms with E-state index in [1.807, 2.05) is 18.2 Å². The minimum Gasteiger partial charge on any atom is -0.345 e. The fraction of sp³-hybridized carbons (Fsp3) is 0. The third kappa shape index (κ3) is 1.42. The number of imidazole rings is 1. The summed E-state index contributed by atoms with van der Waals surface area (Å²) < 4.78 is 12.9. The highest BCUT2D eigenvalue weighted by Crippen LogP contribution is 2.20. The van der Waals surface area contributed by atoms with Gasteiger partial charge in [0.1, 0.15) is 0 Å². The van der Waals surface area contributed by atoms with E-state index in [-0.39, 0.29) is 0 Å². The molecular formula is C11H7FN4. The summed E-state index contributed by atoms with van der Waals surface area (Å²) in [6, 6.07) is 7.26. The van der Waals surface area contributed by atoms with Crippen LogP contribution < -0.4 is 0 Å². The Hall–Kier alpha value is -2.30. The summed E-state index contributed by atoms with van der Waals surface area (Å²) in [7, 11) is 0. The highest BCUT2D eigenvalue weighted by atomic mass is 19.1. The van der Waals surface area contributed by atoms with Gasteiger partial charge in [0.25, 0.3) is 0 Å². The molecule has 0 spiro atoms. The lowest BCUT2D eigenvalue weighted by molar-refractivity contribution is 0.540. The zero-order valence-electron chi connectivity index (χ0n) is 8.18. The van der Waals surface area contributed by atoms with Crippen molar-refractivity contribution < 1.29 is 4.39 Å². The first-order chi connectivity index (χ1) is 7.83. The number of hydrogen-bond donors (Lipinski definition) is 1. The third-order valence-corrected chi connectivity index (χ3v) is 2.34. The van der Waals surface area contributed by atoms with E-state index in [1.165, 1.54) is 6.20 Å². The molecule has 5 heteroatoms. The number of hydrogen-bond acceptors (Lipinski definition) is 3. The summed E-state index contributed by atoms with van der Waals surface area (Å²) in [5, 5.41) is 0. The van der Waals surface area contributed by atoms with Crippen LogP contribution in [0.25, 0.3) is 22.3 Å². The monoisotopic (exact) mass is 214 g/mol. The maximum atomic E-state index is 12.9. The van der Waals surface area contributed by atoms with Crippen LogP contribution in [0.15, 0.2) is 36.8 Å². The second-order valence-corrected chi connectivity index (χ2v) is 3.35. The number of rotatable bonds is 1. The van der Waals surface area contributed by atoms with Crippen LogP contribution in [0.1, 0.15) is 0 Å². The highest BCUT2D eigenvalue weighted by molar-refractivity contribution is 5.80. The van der Waals surface area contributed by atoms with Gasteiger partial charge in [-0.3, -0.25) is 0 Å². The molecular weight excluding hydrogens is 207 g/mol. The molecule has 1 N–H and O–H groups in total. The summed E-state index contributed by atoms with van der Waals surface area (Å²) >= 11 is 0. The smallest absolute Gasteiger partial charge is 0.309 e. The predicted octanol–water partition coefficient (Wildman–Crippen LogP) is 2.16. The fourth-order valence-electron chi connectivity index (χ4n) is 1.59. The van der Waals surface area contributed by atoms with Gasteiger partial charge < -0.3 is 4.98 Å². The lowest BCUT2D eigenvalue weighted by Crippen LogP contribution is -1.90. The van der Waals surface area contributed by atoms with Gasteiger partial charge >= 0.3 is 6.08 Å². The van der Waals surface area contributed by atoms with E-state index in [0.717, 1.165) is 16.6 Å². The Morgan fingerprint density at radius 1 is 1.12 bits per heavy atom. The molecule has 2 heterocycles. The molecule has 0 saturated heterocycles. The van der Waals surface area contributed by atoms with Gasteiger partial charge in [-0.2, -0.15) is 4.39 Å². The van der Waals surface area contributed by atoms with Crippen molar-refractivity contribution >= 4 is 11.0 Å². The van der Waals surface area contributed by atoms with Crippen molar-refractivity contribution in [2.24, 2.45) is 0 Å². The van der Waals surface area contributed by atoms with Crippen LogP contribution in [-0.4, -0.2) is 19.9 Å². The van der Waals surface area contributed by atoms with Gasteiger partial charge in [0, 0.05) is 11.8 Å². The molecule has 0 aliphatic rings. The van der Waals surface area contributed by atoms with E-state index < -0.39 is 6.08 Å². The number of halogens is 1. The number of aromatic amines is 1. The lowest BCUT2D eigenvalue weighted by atomic mass is 10.1. The van der Waals surface area contributed by atoms with E-state index in [2.05, 4.69) is 19.9 Å². The van der Waals surface area contributed by atoms with Crippen LogP contribution in [0.4, 0.5) is 4.39 Å². The van der Waals surface area contributed by atoms with Crippen LogP contribution in [0.5, 0.6) is 0 Å². The van der Waals surface area contributed by atoms with Crippen molar-refractivity contribution in [3.05, 3.63) is 42.9 Å². The Balaban J connectivity index is 2.18. The molecule has 0 fully saturated rings. The molecule has 0 aliphatic carbocycles. The summed E-state index contributed by atoms with van der Waals surface area (Å²) in [6.45, 7) is 0. The van der Waals surface area contributed by atoms with E-state index in [1.54, 1.807) is 12.4 Å². The maximum absolute atomic E-state index is 12.9. The van der Waals surface area contributed by atoms with E-state index in [4.69, 9.17) is 0 Å². The summed E-state index contributed by atoms with van der Waals surface area (Å²) in [6.07, 6.45) is 2.30. The van der Waals surface area contributed by atoms with Gasteiger partial charge in [0.05, 0.1) is 23.1 Å².